The predicted molar refractivity (Wildman–Crippen MR) is 85.7 cm³/mol. The van der Waals surface area contributed by atoms with Gasteiger partial charge >= 0.3 is 6.09 Å². The summed E-state index contributed by atoms with van der Waals surface area (Å²) in [4.78, 5) is 24.9. The van der Waals surface area contributed by atoms with Crippen molar-refractivity contribution in [1.29, 1.82) is 5.26 Å². The number of alkyl carbamates (subject to hydrolysis) is 1. The zero-order valence-corrected chi connectivity index (χ0v) is 13.8. The molecule has 1 aliphatic rings. The first kappa shape index (κ1) is 17.0. The minimum Gasteiger partial charge on any atom is -0.444 e. The van der Waals surface area contributed by atoms with E-state index in [-0.39, 0.29) is 5.78 Å². The molecule has 0 saturated heterocycles. The van der Waals surface area contributed by atoms with Crippen LogP contribution in [0.3, 0.4) is 0 Å². The normalized spacial score (nSPS) is 21.4. The number of hydrogen-bond donors (Lipinski definition) is 1. The second-order valence-electron chi connectivity index (χ2n) is 6.86. The Morgan fingerprint density at radius 1 is 1.35 bits per heavy atom. The number of Topliss-reactive ketones (excluding diaryl/α,β-unsaturated/α-hetero) is 1. The first-order valence-corrected chi connectivity index (χ1v) is 7.82. The van der Waals surface area contributed by atoms with Crippen molar-refractivity contribution in [2.75, 3.05) is 0 Å². The van der Waals surface area contributed by atoms with Gasteiger partial charge in [-0.25, -0.2) is 4.79 Å². The van der Waals surface area contributed by atoms with Crippen molar-refractivity contribution in [3.8, 4) is 6.07 Å². The maximum atomic E-state index is 12.7. The molecule has 1 N–H and O–H groups in total. The molecule has 0 radical (unpaired) electrons. The summed E-state index contributed by atoms with van der Waals surface area (Å²) >= 11 is 0. The standard InChI is InChI=1S/C18H22N2O3/c1-17(2,3)23-16(22)20-18(10-5-4-9-15(18)21)14-8-6-7-13(11-14)12-19/h6-8,11H,4-5,9-10H2,1-3H3,(H,20,22)/t18-/m1/s1. The molecule has 1 atom stereocenters. The summed E-state index contributed by atoms with van der Waals surface area (Å²) in [5.74, 6) is -0.0373. The Hall–Kier alpha value is -2.35. The van der Waals surface area contributed by atoms with E-state index in [0.717, 1.165) is 12.8 Å². The average molecular weight is 314 g/mol. The lowest BCUT2D eigenvalue weighted by Crippen LogP contribution is -2.54. The molecule has 0 unspecified atom stereocenters. The van der Waals surface area contributed by atoms with Gasteiger partial charge in [-0.05, 0) is 57.7 Å². The number of nitrogens with one attached hydrogen (secondary N) is 1. The molecular weight excluding hydrogens is 292 g/mol. The molecule has 23 heavy (non-hydrogen) atoms. The van der Waals surface area contributed by atoms with Gasteiger partial charge < -0.3 is 10.1 Å². The third-order valence-corrected chi connectivity index (χ3v) is 3.88. The van der Waals surface area contributed by atoms with Crippen molar-refractivity contribution in [2.45, 2.75) is 57.6 Å². The fourth-order valence-corrected chi connectivity index (χ4v) is 2.87. The zero-order chi connectivity index (χ0) is 17.1. The van der Waals surface area contributed by atoms with E-state index in [1.807, 2.05) is 0 Å². The van der Waals surface area contributed by atoms with Gasteiger partial charge in [0.05, 0.1) is 11.6 Å². The van der Waals surface area contributed by atoms with Crippen LogP contribution >= 0.6 is 0 Å². The number of hydrogen-bond acceptors (Lipinski definition) is 4. The van der Waals surface area contributed by atoms with Gasteiger partial charge in [0.25, 0.3) is 0 Å². The molecule has 1 saturated carbocycles. The maximum Gasteiger partial charge on any atom is 0.408 e. The SMILES string of the molecule is CC(C)(C)OC(=O)N[C@@]1(c2cccc(C#N)c2)CCCCC1=O. The molecule has 1 aliphatic carbocycles. The fourth-order valence-electron chi connectivity index (χ4n) is 2.87. The molecule has 1 amide bonds. The summed E-state index contributed by atoms with van der Waals surface area (Å²) in [7, 11) is 0. The van der Waals surface area contributed by atoms with Gasteiger partial charge in [0.15, 0.2) is 5.78 Å². The number of rotatable bonds is 2. The molecule has 1 aromatic carbocycles. The highest BCUT2D eigenvalue weighted by molar-refractivity contribution is 5.93. The monoisotopic (exact) mass is 314 g/mol. The maximum absolute atomic E-state index is 12.7. The third kappa shape index (κ3) is 3.89. The number of carbonyl (C=O) groups is 2. The molecule has 0 heterocycles. The van der Waals surface area contributed by atoms with Gasteiger partial charge in [0.2, 0.25) is 0 Å². The third-order valence-electron chi connectivity index (χ3n) is 3.88. The number of ketones is 1. The molecule has 0 bridgehead atoms. The molecular formula is C18H22N2O3. The van der Waals surface area contributed by atoms with Crippen molar-refractivity contribution >= 4 is 11.9 Å². The second kappa shape index (κ2) is 6.41. The number of nitrogens with zero attached hydrogens (tertiary/aromatic N) is 1. The first-order valence-electron chi connectivity index (χ1n) is 7.82. The fraction of sp³-hybridized carbons (Fsp3) is 0.500. The number of ether oxygens (including phenoxy) is 1. The van der Waals surface area contributed by atoms with E-state index in [9.17, 15) is 9.59 Å². The Balaban J connectivity index is 2.39. The van der Waals surface area contributed by atoms with Crippen molar-refractivity contribution < 1.29 is 14.3 Å². The zero-order valence-electron chi connectivity index (χ0n) is 13.8. The van der Waals surface area contributed by atoms with E-state index >= 15 is 0 Å². The molecule has 0 spiro atoms. The Labute approximate surface area is 136 Å². The lowest BCUT2D eigenvalue weighted by molar-refractivity contribution is -0.128. The summed E-state index contributed by atoms with van der Waals surface area (Å²) in [6.07, 6.45) is 1.95. The van der Waals surface area contributed by atoms with Crippen LogP contribution in [0.1, 0.15) is 57.6 Å². The Bertz CT molecular complexity index is 655. The topological polar surface area (TPSA) is 79.2 Å². The van der Waals surface area contributed by atoms with Gasteiger partial charge in [-0.15, -0.1) is 0 Å². The Morgan fingerprint density at radius 2 is 2.09 bits per heavy atom. The van der Waals surface area contributed by atoms with Crippen molar-refractivity contribution in [3.63, 3.8) is 0 Å². The largest absolute Gasteiger partial charge is 0.444 e. The van der Waals surface area contributed by atoms with Gasteiger partial charge in [-0.3, -0.25) is 4.79 Å². The average Bonchev–Trinajstić information content (AvgIpc) is 2.48. The second-order valence-corrected chi connectivity index (χ2v) is 6.86. The molecule has 1 fully saturated rings. The predicted octanol–water partition coefficient (Wildman–Crippen LogP) is 3.42. The van der Waals surface area contributed by atoms with Gasteiger partial charge in [-0.2, -0.15) is 5.26 Å². The number of amides is 1. The van der Waals surface area contributed by atoms with Crippen LogP contribution in [0.2, 0.25) is 0 Å². The van der Waals surface area contributed by atoms with E-state index < -0.39 is 17.2 Å². The molecule has 1 aromatic rings. The highest BCUT2D eigenvalue weighted by Gasteiger charge is 2.43. The van der Waals surface area contributed by atoms with Crippen molar-refractivity contribution in [1.82, 2.24) is 5.32 Å². The first-order chi connectivity index (χ1) is 10.8. The molecule has 2 rings (SSSR count). The molecule has 0 aromatic heterocycles. The lowest BCUT2D eigenvalue weighted by Gasteiger charge is -2.37. The number of carbonyl (C=O) groups excluding carboxylic acids is 2. The summed E-state index contributed by atoms with van der Waals surface area (Å²) < 4.78 is 5.32. The van der Waals surface area contributed by atoms with E-state index in [2.05, 4.69) is 11.4 Å². The highest BCUT2D eigenvalue weighted by atomic mass is 16.6. The van der Waals surface area contributed by atoms with E-state index in [1.165, 1.54) is 0 Å². The summed E-state index contributed by atoms with van der Waals surface area (Å²) in [5, 5.41) is 11.9. The van der Waals surface area contributed by atoms with E-state index in [4.69, 9.17) is 10.00 Å². The molecule has 122 valence electrons. The van der Waals surface area contributed by atoms with Crippen LogP contribution in [0.15, 0.2) is 24.3 Å². The summed E-state index contributed by atoms with van der Waals surface area (Å²) in [5.41, 5.74) is -0.636. The van der Waals surface area contributed by atoms with Crippen LogP contribution in [0.25, 0.3) is 0 Å². The lowest BCUT2D eigenvalue weighted by atomic mass is 9.75. The smallest absolute Gasteiger partial charge is 0.408 e. The van der Waals surface area contributed by atoms with Crippen LogP contribution in [0, 0.1) is 11.3 Å². The van der Waals surface area contributed by atoms with Crippen LogP contribution < -0.4 is 5.32 Å². The van der Waals surface area contributed by atoms with Crippen LogP contribution in [0.4, 0.5) is 4.79 Å². The summed E-state index contributed by atoms with van der Waals surface area (Å²) in [6.45, 7) is 5.33. The van der Waals surface area contributed by atoms with Gasteiger partial charge in [0.1, 0.15) is 11.1 Å². The Morgan fingerprint density at radius 3 is 2.70 bits per heavy atom. The van der Waals surface area contributed by atoms with Crippen LogP contribution in [-0.4, -0.2) is 17.5 Å². The molecule has 0 aliphatic heterocycles. The van der Waals surface area contributed by atoms with Gasteiger partial charge in [-0.1, -0.05) is 12.1 Å². The van der Waals surface area contributed by atoms with Gasteiger partial charge in [0, 0.05) is 6.42 Å². The number of nitriles is 1. The highest BCUT2D eigenvalue weighted by Crippen LogP contribution is 2.35. The van der Waals surface area contributed by atoms with Crippen LogP contribution in [-0.2, 0) is 15.1 Å². The quantitative estimate of drug-likeness (QED) is 0.907. The molecule has 5 nitrogen and oxygen atoms in total. The minimum absolute atomic E-state index is 0.0373. The van der Waals surface area contributed by atoms with Crippen molar-refractivity contribution in [2.24, 2.45) is 0 Å². The Kier molecular flexibility index (Phi) is 4.74. The summed E-state index contributed by atoms with van der Waals surface area (Å²) in [6, 6.07) is 8.93. The van der Waals surface area contributed by atoms with Crippen molar-refractivity contribution in [3.05, 3.63) is 35.4 Å². The molecule has 5 heteroatoms. The van der Waals surface area contributed by atoms with Crippen LogP contribution in [0.5, 0.6) is 0 Å². The van der Waals surface area contributed by atoms with E-state index in [1.54, 1.807) is 45.0 Å². The number of benzene rings is 1. The van der Waals surface area contributed by atoms with E-state index in [0.29, 0.717) is 24.0 Å². The minimum atomic E-state index is -1.10.